The lowest BCUT2D eigenvalue weighted by molar-refractivity contribution is -0.384. The van der Waals surface area contributed by atoms with Crippen LogP contribution in [0, 0.1) is 44.6 Å². The van der Waals surface area contributed by atoms with Crippen LogP contribution in [0.3, 0.4) is 0 Å². The van der Waals surface area contributed by atoms with E-state index in [1.165, 1.54) is 50.6 Å². The van der Waals surface area contributed by atoms with Crippen molar-refractivity contribution in [3.05, 3.63) is 187 Å². The number of epoxide rings is 2. The smallest absolute Gasteiger partial charge is 0.495 e. The number of esters is 4. The van der Waals surface area contributed by atoms with Gasteiger partial charge in [0.05, 0.1) is 58.8 Å². The monoisotopic (exact) mass is 1560 g/mol. The van der Waals surface area contributed by atoms with Crippen LogP contribution < -0.4 is 35.5 Å². The molecule has 9 rings (SSSR count). The average Bonchev–Trinajstić information content (AvgIpc) is 1.63. The molecule has 0 bridgehead atoms. The summed E-state index contributed by atoms with van der Waals surface area (Å²) >= 11 is 12.7. The highest BCUT2D eigenvalue weighted by atomic mass is 35.5. The fourth-order valence-corrected chi connectivity index (χ4v) is 12.7. The number of hydrogen-bond acceptors (Lipinski definition) is 22. The molecule has 592 valence electrons. The summed E-state index contributed by atoms with van der Waals surface area (Å²) in [6.45, 7) is 17.3. The normalized spacial score (nSPS) is 24.4. The number of benzene rings is 5. The highest BCUT2D eigenvalue weighted by Crippen LogP contribution is 2.47. The molecule has 0 radical (unpaired) electrons. The van der Waals surface area contributed by atoms with Gasteiger partial charge in [-0.05, 0) is 134 Å². The SMILES string of the molecule is COc1ccc(C[C@H]2NC(=O)/C=C/C[C@@H]([C@H](C)[C@@H]3O[C@H]3c3ccc(CO)cc3)OC(=O)[C@H](CC(C)C)OC(=O)C(C)(C)CNC2=O)cc1Cl.COc1ccc(C[C@H]2NC(=O)/C=C/C[C@@H]([C@H](C)[C@@H]3O[C@H]3c3ccc(COC(=O)Oc4ccc([N+](=O)[O-])cc4)cc3)OC(=O)[C@H](CC(C)C)OC(=O)C(C)(C)CNC2=O)cc1Cl. The van der Waals surface area contributed by atoms with Gasteiger partial charge in [-0.2, -0.15) is 0 Å². The van der Waals surface area contributed by atoms with Crippen molar-refractivity contribution < 1.29 is 101 Å². The molecule has 2 saturated heterocycles. The Morgan fingerprint density at radius 2 is 0.973 bits per heavy atom. The first-order valence-corrected chi connectivity index (χ1v) is 37.1. The van der Waals surface area contributed by atoms with Crippen molar-refractivity contribution >= 4 is 82.6 Å². The Kier molecular flexibility index (Phi) is 30.5. The van der Waals surface area contributed by atoms with Crippen molar-refractivity contribution in [3.63, 3.8) is 0 Å². The zero-order valence-electron chi connectivity index (χ0n) is 63.6. The van der Waals surface area contributed by atoms with Crippen LogP contribution in [0.4, 0.5) is 10.5 Å². The average molecular weight is 1560 g/mol. The molecular formula is C81H97Cl2N5O22. The fraction of sp³-hybridized carbons (Fsp3) is 0.469. The van der Waals surface area contributed by atoms with Crippen molar-refractivity contribution in [1.82, 2.24) is 21.3 Å². The van der Waals surface area contributed by atoms with Gasteiger partial charge in [-0.25, -0.2) is 14.4 Å². The third kappa shape index (κ3) is 24.8. The molecule has 12 atom stereocenters. The Bertz CT molecular complexity index is 4150. The molecule has 2 fully saturated rings. The molecule has 0 aliphatic carbocycles. The largest absolute Gasteiger partial charge is 0.514 e. The number of nitrogens with zero attached hydrogens (tertiary/aromatic N) is 1. The first-order valence-electron chi connectivity index (χ1n) is 36.3. The zero-order valence-corrected chi connectivity index (χ0v) is 65.1. The summed E-state index contributed by atoms with van der Waals surface area (Å²) in [6.07, 6.45) is 0.440. The molecule has 5 aromatic carbocycles. The van der Waals surface area contributed by atoms with Crippen molar-refractivity contribution in [2.45, 2.75) is 182 Å². The molecule has 0 spiro atoms. The molecule has 0 saturated carbocycles. The molecule has 29 heteroatoms. The zero-order chi connectivity index (χ0) is 80.3. The Morgan fingerprint density at radius 3 is 1.35 bits per heavy atom. The van der Waals surface area contributed by atoms with Crippen LogP contribution in [0.2, 0.25) is 10.0 Å². The molecular weight excluding hydrogens is 1470 g/mol. The number of aliphatic hydroxyl groups is 1. The van der Waals surface area contributed by atoms with Crippen LogP contribution in [0.5, 0.6) is 17.2 Å². The lowest BCUT2D eigenvalue weighted by atomic mass is 9.92. The van der Waals surface area contributed by atoms with Crippen molar-refractivity contribution in [2.24, 2.45) is 34.5 Å². The van der Waals surface area contributed by atoms with E-state index in [2.05, 4.69) is 21.3 Å². The van der Waals surface area contributed by atoms with E-state index in [4.69, 9.17) is 70.6 Å². The number of carbonyl (C=O) groups excluding carboxylic acids is 9. The number of amides is 4. The number of carbonyl (C=O) groups is 9. The number of non-ortho nitro benzene ring substituents is 1. The predicted octanol–water partition coefficient (Wildman–Crippen LogP) is 11.4. The van der Waals surface area contributed by atoms with Crippen LogP contribution in [0.1, 0.15) is 141 Å². The maximum atomic E-state index is 13.8. The summed E-state index contributed by atoms with van der Waals surface area (Å²) in [4.78, 5) is 130. The standard InChI is InChI=1S/C44H50ClN3O13.C37H47ClN2O9/c1-25(2)20-36-41(51)59-34(26(3)38-39(61-38)29-13-10-27(11-14-29)23-57-43(53)58-31-17-15-30(16-18-31)48(54)55)8-7-9-37(49)47-33(22-28-12-19-35(56-6)32(45)21-28)40(50)46-24-44(4,5)42(52)60-36;1-21(2)16-30-35(44)47-28(22(3)32-33(49-32)25-13-10-23(19-41)11-14-25)8-7-9-31(42)40-27(18-24-12-15-29(46-6)26(38)17-24)34(43)39-20-37(4,5)36(45)48-30/h7,9-19,21,25-26,33-34,36,38-39H,8,20,22-24H2,1-6H3,(H,46,50)(H,47,49);7,9-15,17,21-22,27-28,30,32-33,41H,8,16,18-20H2,1-6H3,(H,39,43)(H,40,42)/b2*9-7+/t26-,33+,34-,36-,38-,39-;22-,27+,28-,30-,32-,33-/m00/s1. The number of cyclic esters (lactones) is 4. The van der Waals surface area contributed by atoms with Gasteiger partial charge in [-0.1, -0.05) is 138 Å². The van der Waals surface area contributed by atoms with Crippen LogP contribution in [0.25, 0.3) is 0 Å². The maximum Gasteiger partial charge on any atom is 0.514 e. The van der Waals surface area contributed by atoms with E-state index in [1.807, 2.05) is 77.9 Å². The number of aliphatic hydroxyl groups excluding tert-OH is 1. The Balaban J connectivity index is 0.000000283. The molecule has 0 unspecified atom stereocenters. The Morgan fingerprint density at radius 1 is 0.573 bits per heavy atom. The minimum Gasteiger partial charge on any atom is -0.495 e. The van der Waals surface area contributed by atoms with E-state index in [9.17, 15) is 58.4 Å². The number of hydrogen-bond donors (Lipinski definition) is 5. The highest BCUT2D eigenvalue weighted by molar-refractivity contribution is 6.32. The fourth-order valence-electron chi connectivity index (χ4n) is 12.2. The van der Waals surface area contributed by atoms with Crippen LogP contribution >= 0.6 is 23.2 Å². The first kappa shape index (κ1) is 85.7. The van der Waals surface area contributed by atoms with Crippen molar-refractivity contribution in [1.29, 1.82) is 0 Å². The maximum absolute atomic E-state index is 13.8. The van der Waals surface area contributed by atoms with E-state index >= 15 is 0 Å². The van der Waals surface area contributed by atoms with Gasteiger partial charge >= 0.3 is 30.0 Å². The number of nitro groups is 1. The summed E-state index contributed by atoms with van der Waals surface area (Å²) < 4.78 is 56.6. The molecule has 4 aliphatic heterocycles. The molecule has 4 amide bonds. The lowest BCUT2D eigenvalue weighted by Crippen LogP contribution is -2.51. The predicted molar refractivity (Wildman–Crippen MR) is 403 cm³/mol. The number of rotatable bonds is 21. The number of nitro benzene ring substituents is 1. The summed E-state index contributed by atoms with van der Waals surface area (Å²) in [5.74, 6) is -4.67. The van der Waals surface area contributed by atoms with Gasteiger partial charge in [0, 0.05) is 62.7 Å². The van der Waals surface area contributed by atoms with Gasteiger partial charge in [0.15, 0.2) is 12.2 Å². The van der Waals surface area contributed by atoms with Crippen LogP contribution in [-0.4, -0.2) is 140 Å². The van der Waals surface area contributed by atoms with E-state index in [1.54, 1.807) is 88.4 Å². The molecule has 110 heavy (non-hydrogen) atoms. The molecule has 4 aliphatic rings. The second-order valence-electron chi connectivity index (χ2n) is 29.7. The second kappa shape index (κ2) is 39.1. The third-order valence-corrected chi connectivity index (χ3v) is 19.6. The summed E-state index contributed by atoms with van der Waals surface area (Å²) in [6, 6.07) is 27.7. The number of methoxy groups -OCH3 is 2. The van der Waals surface area contributed by atoms with Crippen molar-refractivity contribution in [3.8, 4) is 17.2 Å². The number of halogens is 2. The van der Waals surface area contributed by atoms with Crippen LogP contribution in [-0.2, 0) is 97.6 Å². The summed E-state index contributed by atoms with van der Waals surface area (Å²) in [5.41, 5.74) is 1.91. The van der Waals surface area contributed by atoms with E-state index < -0.39 is 112 Å². The molecule has 27 nitrogen and oxygen atoms in total. The van der Waals surface area contributed by atoms with Crippen molar-refractivity contribution in [2.75, 3.05) is 27.3 Å². The summed E-state index contributed by atoms with van der Waals surface area (Å²) in [5, 5.41) is 32.0. The van der Waals surface area contributed by atoms with Gasteiger partial charge in [-0.15, -0.1) is 0 Å². The Labute approximate surface area is 649 Å². The highest BCUT2D eigenvalue weighted by Gasteiger charge is 2.50. The van der Waals surface area contributed by atoms with Gasteiger partial charge in [0.1, 0.15) is 60.4 Å². The number of ether oxygens (including phenoxy) is 10. The minimum atomic E-state index is -1.26. The molecule has 0 aromatic heterocycles. The van der Waals surface area contributed by atoms with Gasteiger partial charge in [0.25, 0.3) is 5.69 Å². The molecule has 4 heterocycles. The second-order valence-corrected chi connectivity index (χ2v) is 30.6. The molecule has 5 aromatic rings. The van der Waals surface area contributed by atoms with E-state index in [-0.39, 0.29) is 118 Å². The summed E-state index contributed by atoms with van der Waals surface area (Å²) in [7, 11) is 2.99. The van der Waals surface area contributed by atoms with E-state index in [0.29, 0.717) is 38.2 Å². The first-order chi connectivity index (χ1) is 52.1. The Hall–Kier alpha value is -9.93. The van der Waals surface area contributed by atoms with Gasteiger partial charge < -0.3 is 73.7 Å². The quantitative estimate of drug-likeness (QED) is 0.0114. The number of nitrogens with one attached hydrogen (secondary N) is 4. The van der Waals surface area contributed by atoms with E-state index in [0.717, 1.165) is 16.7 Å². The lowest BCUT2D eigenvalue weighted by Gasteiger charge is -2.29. The molecule has 5 N–H and O–H groups in total. The third-order valence-electron chi connectivity index (χ3n) is 19.0. The van der Waals surface area contributed by atoms with Crippen LogP contribution in [0.15, 0.2) is 133 Å². The van der Waals surface area contributed by atoms with Gasteiger partial charge in [0.2, 0.25) is 23.6 Å². The minimum absolute atomic E-state index is 0.00322. The van der Waals surface area contributed by atoms with Gasteiger partial charge in [-0.3, -0.25) is 38.9 Å². The topological polar surface area (TPSA) is 364 Å².